The molecule has 1 unspecified atom stereocenters. The van der Waals surface area contributed by atoms with Crippen molar-refractivity contribution in [3.05, 3.63) is 29.8 Å². The molecule has 0 bridgehead atoms. The molecule has 1 aliphatic heterocycles. The van der Waals surface area contributed by atoms with Gasteiger partial charge < -0.3 is 5.32 Å². The zero-order valence-corrected chi connectivity index (χ0v) is 11.3. The van der Waals surface area contributed by atoms with Gasteiger partial charge >= 0.3 is 0 Å². The van der Waals surface area contributed by atoms with Crippen LogP contribution in [0.5, 0.6) is 0 Å². The predicted molar refractivity (Wildman–Crippen MR) is 70.3 cm³/mol. The maximum absolute atomic E-state index is 12.4. The summed E-state index contributed by atoms with van der Waals surface area (Å²) >= 11 is 5.03. The molecule has 2 rings (SSSR count). The van der Waals surface area contributed by atoms with Crippen LogP contribution in [0.2, 0.25) is 0 Å². The Morgan fingerprint density at radius 3 is 2.41 bits per heavy atom. The Balaban J connectivity index is 2.43. The number of benzene rings is 1. The highest BCUT2D eigenvalue weighted by molar-refractivity contribution is 7.91. The second kappa shape index (κ2) is 4.27. The van der Waals surface area contributed by atoms with Gasteiger partial charge in [0.25, 0.3) is 10.0 Å². The largest absolute Gasteiger partial charge is 0.360 e. The summed E-state index contributed by atoms with van der Waals surface area (Å²) in [5.74, 6) is 0. The summed E-state index contributed by atoms with van der Waals surface area (Å²) in [6.07, 6.45) is 0. The van der Waals surface area contributed by atoms with E-state index in [0.717, 1.165) is 5.56 Å². The van der Waals surface area contributed by atoms with Crippen LogP contribution in [0.25, 0.3) is 0 Å². The van der Waals surface area contributed by atoms with E-state index in [1.54, 1.807) is 24.3 Å². The fourth-order valence-electron chi connectivity index (χ4n) is 1.77. The molecule has 1 aliphatic rings. The molecule has 0 radical (unpaired) electrons. The smallest absolute Gasteiger partial charge is 0.266 e. The van der Waals surface area contributed by atoms with Gasteiger partial charge in [-0.3, -0.25) is 0 Å². The first kappa shape index (κ1) is 12.3. The first-order valence-corrected chi connectivity index (χ1v) is 7.16. The third kappa shape index (κ3) is 2.14. The lowest BCUT2D eigenvalue weighted by atomic mass is 10.2. The van der Waals surface area contributed by atoms with Crippen LogP contribution in [0.1, 0.15) is 12.5 Å². The van der Waals surface area contributed by atoms with E-state index in [2.05, 4.69) is 5.32 Å². The number of rotatable bonds is 2. The van der Waals surface area contributed by atoms with E-state index in [1.807, 2.05) is 13.8 Å². The van der Waals surface area contributed by atoms with Gasteiger partial charge in [0.2, 0.25) is 0 Å². The van der Waals surface area contributed by atoms with Gasteiger partial charge in [0.05, 0.1) is 10.9 Å². The van der Waals surface area contributed by atoms with Crippen LogP contribution in [0.3, 0.4) is 0 Å². The van der Waals surface area contributed by atoms with Gasteiger partial charge in [-0.15, -0.1) is 0 Å². The Morgan fingerprint density at radius 2 is 1.94 bits per heavy atom. The van der Waals surface area contributed by atoms with Crippen molar-refractivity contribution in [3.8, 4) is 0 Å². The number of hydrogen-bond acceptors (Lipinski definition) is 3. The molecule has 1 saturated heterocycles. The molecule has 1 aromatic rings. The van der Waals surface area contributed by atoms with Crippen molar-refractivity contribution in [2.45, 2.75) is 24.8 Å². The van der Waals surface area contributed by atoms with Crippen molar-refractivity contribution >= 4 is 27.4 Å². The number of thiocarbonyl (C=S) groups is 1. The molecule has 1 N–H and O–H groups in total. The normalized spacial score (nSPS) is 20.5. The lowest BCUT2D eigenvalue weighted by Crippen LogP contribution is -2.38. The zero-order valence-electron chi connectivity index (χ0n) is 9.67. The number of sulfonamides is 1. The Hall–Kier alpha value is -1.14. The monoisotopic (exact) mass is 270 g/mol. The Kier molecular flexibility index (Phi) is 3.09. The average Bonchev–Trinajstić information content (AvgIpc) is 2.59. The van der Waals surface area contributed by atoms with Crippen molar-refractivity contribution in [1.29, 1.82) is 0 Å². The minimum absolute atomic E-state index is 0.145. The summed E-state index contributed by atoms with van der Waals surface area (Å²) in [4.78, 5) is 0.279. The minimum atomic E-state index is -3.52. The summed E-state index contributed by atoms with van der Waals surface area (Å²) in [5, 5.41) is 3.16. The van der Waals surface area contributed by atoms with E-state index in [9.17, 15) is 8.42 Å². The van der Waals surface area contributed by atoms with Gasteiger partial charge in [0.15, 0.2) is 5.11 Å². The molecule has 92 valence electrons. The van der Waals surface area contributed by atoms with E-state index < -0.39 is 10.0 Å². The van der Waals surface area contributed by atoms with Crippen LogP contribution in [-0.4, -0.2) is 30.4 Å². The molecule has 6 heteroatoms. The van der Waals surface area contributed by atoms with Crippen molar-refractivity contribution in [2.75, 3.05) is 6.54 Å². The summed E-state index contributed by atoms with van der Waals surface area (Å²) in [6, 6.07) is 6.64. The van der Waals surface area contributed by atoms with Crippen LogP contribution in [-0.2, 0) is 10.0 Å². The van der Waals surface area contributed by atoms with E-state index in [4.69, 9.17) is 12.2 Å². The third-order valence-corrected chi connectivity index (χ3v) is 5.11. The molecule has 1 atom stereocenters. The van der Waals surface area contributed by atoms with Gasteiger partial charge in [-0.25, -0.2) is 12.7 Å². The molecule has 0 amide bonds. The van der Waals surface area contributed by atoms with E-state index >= 15 is 0 Å². The summed E-state index contributed by atoms with van der Waals surface area (Å²) in [7, 11) is -3.52. The maximum Gasteiger partial charge on any atom is 0.266 e. The van der Waals surface area contributed by atoms with Gasteiger partial charge in [-0.1, -0.05) is 17.7 Å². The minimum Gasteiger partial charge on any atom is -0.360 e. The SMILES string of the molecule is Cc1ccc(S(=O)(=O)N2C(=S)NCC2C)cc1. The number of nitrogens with zero attached hydrogens (tertiary/aromatic N) is 1. The molecule has 0 spiro atoms. The summed E-state index contributed by atoms with van der Waals surface area (Å²) in [5.41, 5.74) is 1.03. The lowest BCUT2D eigenvalue weighted by molar-refractivity contribution is 0.487. The topological polar surface area (TPSA) is 49.4 Å². The summed E-state index contributed by atoms with van der Waals surface area (Å²) < 4.78 is 26.0. The van der Waals surface area contributed by atoms with Gasteiger partial charge in [0, 0.05) is 6.54 Å². The first-order chi connectivity index (χ1) is 7.93. The Bertz CT molecular complexity index is 537. The van der Waals surface area contributed by atoms with E-state index in [-0.39, 0.29) is 16.0 Å². The number of aryl methyl sites for hydroxylation is 1. The molecule has 0 aromatic heterocycles. The molecule has 0 aliphatic carbocycles. The fraction of sp³-hybridized carbons (Fsp3) is 0.364. The highest BCUT2D eigenvalue weighted by atomic mass is 32.2. The molecular formula is C11H14N2O2S2. The Labute approximate surface area is 107 Å². The quantitative estimate of drug-likeness (QED) is 0.822. The highest BCUT2D eigenvalue weighted by Gasteiger charge is 2.35. The molecular weight excluding hydrogens is 256 g/mol. The van der Waals surface area contributed by atoms with Crippen molar-refractivity contribution in [1.82, 2.24) is 9.62 Å². The molecule has 0 saturated carbocycles. The average molecular weight is 270 g/mol. The zero-order chi connectivity index (χ0) is 12.6. The lowest BCUT2D eigenvalue weighted by Gasteiger charge is -2.21. The van der Waals surface area contributed by atoms with Crippen LogP contribution in [0.15, 0.2) is 29.2 Å². The second-order valence-corrected chi connectivity index (χ2v) is 6.35. The number of hydrogen-bond donors (Lipinski definition) is 1. The molecule has 4 nitrogen and oxygen atoms in total. The Morgan fingerprint density at radius 1 is 1.35 bits per heavy atom. The third-order valence-electron chi connectivity index (χ3n) is 2.73. The molecule has 1 aromatic carbocycles. The first-order valence-electron chi connectivity index (χ1n) is 5.32. The number of nitrogens with one attached hydrogen (secondary N) is 1. The van der Waals surface area contributed by atoms with E-state index in [0.29, 0.717) is 6.54 Å². The van der Waals surface area contributed by atoms with Gasteiger partial charge in [-0.05, 0) is 38.2 Å². The van der Waals surface area contributed by atoms with Crippen molar-refractivity contribution < 1.29 is 8.42 Å². The standard InChI is InChI=1S/C11H14N2O2S2/c1-8-3-5-10(6-4-8)17(14,15)13-9(2)7-12-11(13)16/h3-6,9H,7H2,1-2H3,(H,12,16). The fourth-order valence-corrected chi connectivity index (χ4v) is 3.86. The molecule has 1 heterocycles. The van der Waals surface area contributed by atoms with Crippen LogP contribution in [0.4, 0.5) is 0 Å². The predicted octanol–water partition coefficient (Wildman–Crippen LogP) is 1.26. The molecule has 17 heavy (non-hydrogen) atoms. The summed E-state index contributed by atoms with van der Waals surface area (Å²) in [6.45, 7) is 4.31. The van der Waals surface area contributed by atoms with Crippen molar-refractivity contribution in [3.63, 3.8) is 0 Å². The van der Waals surface area contributed by atoms with Gasteiger partial charge in [0.1, 0.15) is 0 Å². The maximum atomic E-state index is 12.4. The second-order valence-electron chi connectivity index (χ2n) is 4.15. The van der Waals surface area contributed by atoms with Crippen molar-refractivity contribution in [2.24, 2.45) is 0 Å². The van der Waals surface area contributed by atoms with E-state index in [1.165, 1.54) is 4.31 Å². The van der Waals surface area contributed by atoms with Crippen LogP contribution >= 0.6 is 12.2 Å². The molecule has 1 fully saturated rings. The van der Waals surface area contributed by atoms with Gasteiger partial charge in [-0.2, -0.15) is 0 Å². The highest BCUT2D eigenvalue weighted by Crippen LogP contribution is 2.21. The van der Waals surface area contributed by atoms with Crippen LogP contribution in [0, 0.1) is 6.92 Å². The van der Waals surface area contributed by atoms with Crippen LogP contribution < -0.4 is 5.32 Å².